The summed E-state index contributed by atoms with van der Waals surface area (Å²) in [5.74, 6) is 0.218. The van der Waals surface area contributed by atoms with E-state index >= 15 is 0 Å². The van der Waals surface area contributed by atoms with Gasteiger partial charge in [-0.2, -0.15) is 0 Å². The SMILES string of the molecule is Cc1ccccc1[C@@H](NC(=O)NCCN1C(=O)CSC1=O)C(C)C. The molecule has 1 saturated heterocycles. The van der Waals surface area contributed by atoms with Gasteiger partial charge in [0.15, 0.2) is 0 Å². The average Bonchev–Trinajstić information content (AvgIpc) is 2.85. The van der Waals surface area contributed by atoms with Crippen LogP contribution in [0.5, 0.6) is 0 Å². The Morgan fingerprint density at radius 3 is 2.58 bits per heavy atom. The highest BCUT2D eigenvalue weighted by molar-refractivity contribution is 8.14. The maximum absolute atomic E-state index is 12.2. The van der Waals surface area contributed by atoms with Crippen LogP contribution in [0.1, 0.15) is 31.0 Å². The Balaban J connectivity index is 1.89. The minimum atomic E-state index is -0.302. The molecule has 0 aromatic heterocycles. The molecule has 130 valence electrons. The molecule has 0 bridgehead atoms. The lowest BCUT2D eigenvalue weighted by molar-refractivity contribution is -0.124. The normalized spacial score (nSPS) is 15.8. The zero-order chi connectivity index (χ0) is 17.7. The minimum absolute atomic E-state index is 0.100. The third-order valence-corrected chi connectivity index (χ3v) is 4.80. The molecule has 1 aliphatic heterocycles. The van der Waals surface area contributed by atoms with Gasteiger partial charge in [-0.3, -0.25) is 14.5 Å². The number of amides is 4. The first kappa shape index (κ1) is 18.3. The second-order valence-corrected chi connectivity index (χ2v) is 7.01. The summed E-state index contributed by atoms with van der Waals surface area (Å²) in [5, 5.41) is 5.45. The number of hydrogen-bond donors (Lipinski definition) is 2. The Labute approximate surface area is 146 Å². The lowest BCUT2D eigenvalue weighted by Gasteiger charge is -2.25. The smallest absolute Gasteiger partial charge is 0.315 e. The average molecular weight is 349 g/mol. The third kappa shape index (κ3) is 4.50. The molecule has 0 aliphatic carbocycles. The number of aryl methyl sites for hydroxylation is 1. The van der Waals surface area contributed by atoms with Crippen molar-refractivity contribution in [2.75, 3.05) is 18.8 Å². The van der Waals surface area contributed by atoms with E-state index in [1.807, 2.05) is 31.2 Å². The number of hydrogen-bond acceptors (Lipinski definition) is 4. The van der Waals surface area contributed by atoms with E-state index in [1.165, 1.54) is 4.90 Å². The van der Waals surface area contributed by atoms with Crippen LogP contribution in [0, 0.1) is 12.8 Å². The number of thioether (sulfide) groups is 1. The van der Waals surface area contributed by atoms with Crippen LogP contribution in [0.4, 0.5) is 9.59 Å². The van der Waals surface area contributed by atoms with Crippen LogP contribution in [-0.4, -0.2) is 40.9 Å². The number of nitrogens with zero attached hydrogens (tertiary/aromatic N) is 1. The Bertz CT molecular complexity index is 617. The van der Waals surface area contributed by atoms with Gasteiger partial charge >= 0.3 is 6.03 Å². The molecule has 1 aliphatic rings. The standard InChI is InChI=1S/C17H23N3O3S/c1-11(2)15(13-7-5-4-6-12(13)3)19-16(22)18-8-9-20-14(21)10-24-17(20)23/h4-7,11,15H,8-10H2,1-3H3,(H2,18,19,22)/t15-/m0/s1. The molecule has 0 unspecified atom stereocenters. The van der Waals surface area contributed by atoms with Crippen molar-refractivity contribution < 1.29 is 14.4 Å². The van der Waals surface area contributed by atoms with E-state index < -0.39 is 0 Å². The molecule has 0 radical (unpaired) electrons. The Morgan fingerprint density at radius 1 is 1.29 bits per heavy atom. The largest absolute Gasteiger partial charge is 0.336 e. The van der Waals surface area contributed by atoms with Crippen molar-refractivity contribution in [2.45, 2.75) is 26.8 Å². The van der Waals surface area contributed by atoms with Gasteiger partial charge in [0, 0.05) is 13.1 Å². The fourth-order valence-electron chi connectivity index (χ4n) is 2.61. The summed E-state index contributed by atoms with van der Waals surface area (Å²) in [5.41, 5.74) is 2.21. The van der Waals surface area contributed by atoms with Gasteiger partial charge < -0.3 is 10.6 Å². The molecular weight excluding hydrogens is 326 g/mol. The van der Waals surface area contributed by atoms with Gasteiger partial charge in [0.05, 0.1) is 11.8 Å². The lowest BCUT2D eigenvalue weighted by Crippen LogP contribution is -2.43. The van der Waals surface area contributed by atoms with Crippen molar-refractivity contribution >= 4 is 28.9 Å². The maximum atomic E-state index is 12.2. The molecule has 0 spiro atoms. The maximum Gasteiger partial charge on any atom is 0.315 e. The molecule has 1 heterocycles. The van der Waals surface area contributed by atoms with Gasteiger partial charge in [-0.25, -0.2) is 4.79 Å². The lowest BCUT2D eigenvalue weighted by atomic mass is 9.93. The number of carbonyl (C=O) groups excluding carboxylic acids is 3. The third-order valence-electron chi connectivity index (χ3n) is 3.94. The van der Waals surface area contributed by atoms with Crippen molar-refractivity contribution in [2.24, 2.45) is 5.92 Å². The van der Waals surface area contributed by atoms with Gasteiger partial charge in [-0.15, -0.1) is 0 Å². The van der Waals surface area contributed by atoms with Crippen molar-refractivity contribution in [3.63, 3.8) is 0 Å². The first-order chi connectivity index (χ1) is 11.4. The van der Waals surface area contributed by atoms with Gasteiger partial charge in [0.1, 0.15) is 0 Å². The van der Waals surface area contributed by atoms with Crippen LogP contribution in [-0.2, 0) is 4.79 Å². The molecular formula is C17H23N3O3S. The van der Waals surface area contributed by atoms with Crippen LogP contribution in [0.25, 0.3) is 0 Å². The highest BCUT2D eigenvalue weighted by Crippen LogP contribution is 2.24. The van der Waals surface area contributed by atoms with Gasteiger partial charge in [-0.1, -0.05) is 49.9 Å². The highest BCUT2D eigenvalue weighted by Gasteiger charge is 2.29. The molecule has 2 rings (SSSR count). The van der Waals surface area contributed by atoms with Crippen LogP contribution in [0.2, 0.25) is 0 Å². The molecule has 1 atom stereocenters. The van der Waals surface area contributed by atoms with E-state index in [2.05, 4.69) is 24.5 Å². The second kappa shape index (κ2) is 8.19. The Morgan fingerprint density at radius 2 is 2.00 bits per heavy atom. The van der Waals surface area contributed by atoms with E-state index in [4.69, 9.17) is 0 Å². The van der Waals surface area contributed by atoms with Crippen molar-refractivity contribution in [3.8, 4) is 0 Å². The summed E-state index contributed by atoms with van der Waals surface area (Å²) < 4.78 is 0. The van der Waals surface area contributed by atoms with E-state index in [1.54, 1.807) is 0 Å². The zero-order valence-electron chi connectivity index (χ0n) is 14.2. The topological polar surface area (TPSA) is 78.5 Å². The predicted molar refractivity (Wildman–Crippen MR) is 94.9 cm³/mol. The van der Waals surface area contributed by atoms with Crippen LogP contribution in [0.15, 0.2) is 24.3 Å². The molecule has 1 fully saturated rings. The summed E-state index contributed by atoms with van der Waals surface area (Å²) >= 11 is 0.995. The zero-order valence-corrected chi connectivity index (χ0v) is 15.0. The highest BCUT2D eigenvalue weighted by atomic mass is 32.2. The fraction of sp³-hybridized carbons (Fsp3) is 0.471. The van der Waals surface area contributed by atoms with Gasteiger partial charge in [0.2, 0.25) is 5.91 Å². The predicted octanol–water partition coefficient (Wildman–Crippen LogP) is 2.69. The molecule has 4 amide bonds. The molecule has 24 heavy (non-hydrogen) atoms. The molecule has 6 nitrogen and oxygen atoms in total. The van der Waals surface area contributed by atoms with Gasteiger partial charge in [-0.05, 0) is 24.0 Å². The summed E-state index contributed by atoms with van der Waals surface area (Å²) in [6.45, 7) is 6.57. The fourth-order valence-corrected chi connectivity index (χ4v) is 3.36. The molecule has 2 N–H and O–H groups in total. The van der Waals surface area contributed by atoms with Crippen LogP contribution >= 0.6 is 11.8 Å². The number of urea groups is 1. The van der Waals surface area contributed by atoms with Gasteiger partial charge in [0.25, 0.3) is 5.24 Å². The monoisotopic (exact) mass is 349 g/mol. The summed E-state index contributed by atoms with van der Waals surface area (Å²) in [6.07, 6.45) is 0. The molecule has 1 aromatic rings. The Kier molecular flexibility index (Phi) is 6.25. The van der Waals surface area contributed by atoms with E-state index in [0.29, 0.717) is 0 Å². The number of nitrogens with one attached hydrogen (secondary N) is 2. The van der Waals surface area contributed by atoms with Crippen molar-refractivity contribution in [3.05, 3.63) is 35.4 Å². The quantitative estimate of drug-likeness (QED) is 0.828. The molecule has 0 saturated carbocycles. The van der Waals surface area contributed by atoms with E-state index in [0.717, 1.165) is 22.9 Å². The van der Waals surface area contributed by atoms with Crippen molar-refractivity contribution in [1.82, 2.24) is 15.5 Å². The summed E-state index contributed by atoms with van der Waals surface area (Å²) in [6, 6.07) is 7.56. The van der Waals surface area contributed by atoms with Crippen LogP contribution < -0.4 is 10.6 Å². The van der Waals surface area contributed by atoms with Crippen LogP contribution in [0.3, 0.4) is 0 Å². The second-order valence-electron chi connectivity index (χ2n) is 6.08. The minimum Gasteiger partial charge on any atom is -0.336 e. The number of carbonyl (C=O) groups is 3. The first-order valence-corrected chi connectivity index (χ1v) is 8.95. The summed E-state index contributed by atoms with van der Waals surface area (Å²) in [4.78, 5) is 36.3. The first-order valence-electron chi connectivity index (χ1n) is 7.97. The Hall–Kier alpha value is -2.02. The number of rotatable bonds is 6. The molecule has 1 aromatic carbocycles. The van der Waals surface area contributed by atoms with E-state index in [-0.39, 0.29) is 48.0 Å². The van der Waals surface area contributed by atoms with E-state index in [9.17, 15) is 14.4 Å². The van der Waals surface area contributed by atoms with Crippen molar-refractivity contribution in [1.29, 1.82) is 0 Å². The summed E-state index contributed by atoms with van der Waals surface area (Å²) in [7, 11) is 0. The number of benzene rings is 1. The number of imide groups is 1. The molecule has 7 heteroatoms.